The standard InChI is InChI=1S/C32H38N8O3/c1-3-4-15-29-30(22-24-16-18-26(19-17-24)27-13-8-9-14-28(27)31-33-36-37-34-31)40(42)39(35-29)21-10-20-38(2)32(41)43-23-25-11-6-5-7-12-25/h5-9,11-14,16-19,30,40H,3-4,10,15,20-23H2,1-2H3,(H,33,34,36,37). The van der Waals surface area contributed by atoms with E-state index in [4.69, 9.17) is 9.84 Å². The second-order valence-corrected chi connectivity index (χ2v) is 10.7. The number of quaternary nitrogens is 1. The van der Waals surface area contributed by atoms with Crippen LogP contribution in [0.2, 0.25) is 0 Å². The summed E-state index contributed by atoms with van der Waals surface area (Å²) in [4.78, 5) is 14.0. The summed E-state index contributed by atoms with van der Waals surface area (Å²) in [6, 6.07) is 25.6. The zero-order valence-electron chi connectivity index (χ0n) is 24.6. The molecule has 0 bridgehead atoms. The second kappa shape index (κ2) is 14.5. The average Bonchev–Trinajstić information content (AvgIpc) is 3.68. The molecule has 0 saturated carbocycles. The van der Waals surface area contributed by atoms with Crippen LogP contribution in [0.25, 0.3) is 22.5 Å². The first-order valence-electron chi connectivity index (χ1n) is 14.8. The number of benzene rings is 3. The summed E-state index contributed by atoms with van der Waals surface area (Å²) in [6.45, 7) is 3.29. The van der Waals surface area contributed by atoms with E-state index in [1.807, 2.05) is 54.6 Å². The molecule has 1 aromatic heterocycles. The molecule has 1 aliphatic heterocycles. The number of carbonyl (C=O) groups is 1. The largest absolute Gasteiger partial charge is 0.606 e. The van der Waals surface area contributed by atoms with Crippen molar-refractivity contribution < 1.29 is 14.7 Å². The Bertz CT molecular complexity index is 1480. The van der Waals surface area contributed by atoms with Crippen molar-refractivity contribution in [2.45, 2.75) is 51.7 Å². The molecule has 43 heavy (non-hydrogen) atoms. The lowest BCUT2D eigenvalue weighted by Crippen LogP contribution is -3.16. The summed E-state index contributed by atoms with van der Waals surface area (Å²) >= 11 is 0. The van der Waals surface area contributed by atoms with Crippen LogP contribution in [0.1, 0.15) is 43.7 Å². The van der Waals surface area contributed by atoms with Crippen LogP contribution in [0.5, 0.6) is 0 Å². The molecule has 0 saturated heterocycles. The number of aromatic amines is 1. The number of unbranched alkanes of at least 4 members (excludes halogenated alkanes) is 1. The zero-order chi connectivity index (χ0) is 30.0. The lowest BCUT2D eigenvalue weighted by Gasteiger charge is -2.31. The van der Waals surface area contributed by atoms with Crippen LogP contribution in [0.4, 0.5) is 4.79 Å². The summed E-state index contributed by atoms with van der Waals surface area (Å²) in [5.74, 6) is 0.614. The molecular weight excluding hydrogens is 544 g/mol. The van der Waals surface area contributed by atoms with Gasteiger partial charge in [0.15, 0.2) is 11.9 Å². The number of carbonyl (C=O) groups excluding carboxylic acids is 1. The number of nitrogens with one attached hydrogen (secondary N) is 2. The average molecular weight is 583 g/mol. The van der Waals surface area contributed by atoms with Gasteiger partial charge < -0.3 is 14.8 Å². The zero-order valence-corrected chi connectivity index (χ0v) is 24.6. The number of rotatable bonds is 13. The van der Waals surface area contributed by atoms with Gasteiger partial charge in [-0.05, 0) is 51.9 Å². The van der Waals surface area contributed by atoms with Gasteiger partial charge in [-0.3, -0.25) is 0 Å². The van der Waals surface area contributed by atoms with Gasteiger partial charge in [0, 0.05) is 25.6 Å². The van der Waals surface area contributed by atoms with Gasteiger partial charge in [0.1, 0.15) is 12.3 Å². The van der Waals surface area contributed by atoms with Crippen LogP contribution in [-0.4, -0.2) is 68.6 Å². The number of nitrogens with zero attached hydrogens (tertiary/aromatic N) is 6. The fraction of sp³-hybridized carbons (Fsp3) is 0.344. The van der Waals surface area contributed by atoms with Crippen LogP contribution < -0.4 is 5.17 Å². The molecule has 2 N–H and O–H groups in total. The fourth-order valence-corrected chi connectivity index (χ4v) is 5.19. The molecule has 224 valence electrons. The molecule has 1 aliphatic rings. The van der Waals surface area contributed by atoms with Crippen molar-refractivity contribution in [1.82, 2.24) is 30.6 Å². The van der Waals surface area contributed by atoms with Gasteiger partial charge in [-0.25, -0.2) is 15.1 Å². The molecule has 11 heteroatoms. The Balaban J connectivity index is 1.18. The van der Waals surface area contributed by atoms with E-state index >= 15 is 0 Å². The topological polar surface area (TPSA) is 127 Å². The van der Waals surface area contributed by atoms with Gasteiger partial charge in [0.05, 0.1) is 6.54 Å². The van der Waals surface area contributed by atoms with E-state index in [0.29, 0.717) is 31.8 Å². The van der Waals surface area contributed by atoms with Crippen molar-refractivity contribution >= 4 is 11.8 Å². The number of hydroxylamine groups is 1. The number of hydrazone groups is 1. The quantitative estimate of drug-likeness (QED) is 0.226. The molecule has 5 rings (SSSR count). The van der Waals surface area contributed by atoms with E-state index in [1.54, 1.807) is 17.1 Å². The second-order valence-electron chi connectivity index (χ2n) is 10.7. The summed E-state index contributed by atoms with van der Waals surface area (Å²) in [5.41, 5.74) is 5.94. The summed E-state index contributed by atoms with van der Waals surface area (Å²) in [5, 5.41) is 34.2. The molecule has 11 nitrogen and oxygen atoms in total. The lowest BCUT2D eigenvalue weighted by atomic mass is 9.95. The summed E-state index contributed by atoms with van der Waals surface area (Å²) < 4.78 is 5.41. The van der Waals surface area contributed by atoms with Crippen LogP contribution in [0.15, 0.2) is 84.0 Å². The van der Waals surface area contributed by atoms with E-state index in [-0.39, 0.29) is 23.9 Å². The summed E-state index contributed by atoms with van der Waals surface area (Å²) in [7, 11) is 1.71. The predicted molar refractivity (Wildman–Crippen MR) is 164 cm³/mol. The third-order valence-corrected chi connectivity index (χ3v) is 7.60. The van der Waals surface area contributed by atoms with Crippen molar-refractivity contribution in [2.75, 3.05) is 20.1 Å². The number of aromatic nitrogens is 4. The van der Waals surface area contributed by atoms with Crippen LogP contribution in [0, 0.1) is 5.21 Å². The molecule has 1 amide bonds. The number of tetrazole rings is 1. The minimum atomic E-state index is -0.384. The molecule has 0 fully saturated rings. The highest BCUT2D eigenvalue weighted by atomic mass is 16.6. The van der Waals surface area contributed by atoms with Crippen molar-refractivity contribution in [3.63, 3.8) is 0 Å². The van der Waals surface area contributed by atoms with Gasteiger partial charge in [-0.1, -0.05) is 92.2 Å². The Kier molecular flexibility index (Phi) is 10.1. The summed E-state index contributed by atoms with van der Waals surface area (Å²) in [6.07, 6.45) is 3.63. The van der Waals surface area contributed by atoms with E-state index in [2.05, 4.69) is 51.8 Å². The van der Waals surface area contributed by atoms with Gasteiger partial charge in [0.2, 0.25) is 0 Å². The Morgan fingerprint density at radius 2 is 1.74 bits per heavy atom. The van der Waals surface area contributed by atoms with Gasteiger partial charge in [-0.15, -0.1) is 15.3 Å². The normalized spacial score (nSPS) is 16.3. The number of hydrogen-bond acceptors (Lipinski definition) is 8. The maximum absolute atomic E-state index is 13.5. The van der Waals surface area contributed by atoms with Gasteiger partial charge >= 0.3 is 6.09 Å². The maximum atomic E-state index is 13.5. The highest BCUT2D eigenvalue weighted by molar-refractivity contribution is 5.89. The Morgan fingerprint density at radius 1 is 1.00 bits per heavy atom. The van der Waals surface area contributed by atoms with Crippen LogP contribution >= 0.6 is 0 Å². The Hall–Kier alpha value is -4.61. The Morgan fingerprint density at radius 3 is 2.47 bits per heavy atom. The van der Waals surface area contributed by atoms with Crippen molar-refractivity contribution in [1.29, 1.82) is 0 Å². The minimum absolute atomic E-state index is 0.0210. The first-order chi connectivity index (χ1) is 21.0. The molecule has 0 radical (unpaired) electrons. The first-order valence-corrected chi connectivity index (χ1v) is 14.8. The molecule has 2 heterocycles. The van der Waals surface area contributed by atoms with Crippen molar-refractivity contribution in [2.24, 2.45) is 5.10 Å². The minimum Gasteiger partial charge on any atom is -0.606 e. The molecule has 2 unspecified atom stereocenters. The molecule has 4 aromatic rings. The van der Waals surface area contributed by atoms with E-state index in [1.165, 1.54) is 0 Å². The van der Waals surface area contributed by atoms with E-state index in [0.717, 1.165) is 52.8 Å². The highest BCUT2D eigenvalue weighted by Crippen LogP contribution is 2.30. The van der Waals surface area contributed by atoms with E-state index in [9.17, 15) is 10.0 Å². The first kappa shape index (κ1) is 29.9. The number of H-pyrrole nitrogens is 1. The maximum Gasteiger partial charge on any atom is 0.409 e. The van der Waals surface area contributed by atoms with E-state index < -0.39 is 0 Å². The van der Waals surface area contributed by atoms with Gasteiger partial charge in [0.25, 0.3) is 0 Å². The molecule has 0 aliphatic carbocycles. The molecule has 3 aromatic carbocycles. The lowest BCUT2D eigenvalue weighted by molar-refractivity contribution is -0.979. The third-order valence-electron chi connectivity index (χ3n) is 7.60. The monoisotopic (exact) mass is 582 g/mol. The van der Waals surface area contributed by atoms with Crippen molar-refractivity contribution in [3.05, 3.63) is 95.2 Å². The number of amides is 1. The fourth-order valence-electron chi connectivity index (χ4n) is 5.19. The smallest absolute Gasteiger partial charge is 0.409 e. The number of hydrogen-bond donors (Lipinski definition) is 2. The predicted octanol–water partition coefficient (Wildman–Crippen LogP) is 4.26. The Labute approximate surface area is 251 Å². The van der Waals surface area contributed by atoms with Crippen LogP contribution in [-0.2, 0) is 17.8 Å². The van der Waals surface area contributed by atoms with Gasteiger partial charge in [-0.2, -0.15) is 0 Å². The molecular formula is C32H38N8O3. The van der Waals surface area contributed by atoms with Crippen molar-refractivity contribution in [3.8, 4) is 22.5 Å². The third kappa shape index (κ3) is 7.62. The number of ether oxygens (including phenoxy) is 1. The molecule has 0 spiro atoms. The van der Waals surface area contributed by atoms with Crippen LogP contribution in [0.3, 0.4) is 0 Å². The SMILES string of the molecule is CCCCC1=NN(CCCN(C)C(=O)OCc2ccccc2)[NH+]([O-])C1Cc1ccc(-c2ccccc2-c2nnn[nH]2)cc1. The molecule has 2 atom stereocenters. The highest BCUT2D eigenvalue weighted by Gasteiger charge is 2.34.